The highest BCUT2D eigenvalue weighted by Crippen LogP contribution is 2.47. The van der Waals surface area contributed by atoms with Gasteiger partial charge in [0.05, 0.1) is 52.9 Å². The Morgan fingerprint density at radius 3 is 1.13 bits per heavy atom. The molecule has 0 spiro atoms. The lowest BCUT2D eigenvalue weighted by Crippen LogP contribution is -2.56. The Hall–Kier alpha value is -12.7. The maximum atomic E-state index is 12.3. The van der Waals surface area contributed by atoms with Crippen LogP contribution in [0.2, 0.25) is 0 Å². The largest absolute Gasteiger partial charge is 0.465 e. The van der Waals surface area contributed by atoms with Crippen molar-refractivity contribution >= 4 is 78.7 Å². The number of urea groups is 1. The van der Waals surface area contributed by atoms with Gasteiger partial charge in [-0.1, -0.05) is 146 Å². The summed E-state index contributed by atoms with van der Waals surface area (Å²) in [6.45, 7) is 11.5. The number of piperazine rings is 2. The predicted octanol–water partition coefficient (Wildman–Crippen LogP) is 13.9. The summed E-state index contributed by atoms with van der Waals surface area (Å²) in [6, 6.07) is 63.8. The molecule has 3 saturated carbocycles. The van der Waals surface area contributed by atoms with Crippen molar-refractivity contribution in [3.63, 3.8) is 0 Å². The molecule has 1 atom stereocenters. The van der Waals surface area contributed by atoms with Crippen LogP contribution in [0.25, 0.3) is 117 Å². The number of nitrogens with zero attached hydrogens (tertiary/aromatic N) is 18. The Labute approximate surface area is 689 Å². The number of nitrogens with two attached hydrogens (primary N) is 3. The van der Waals surface area contributed by atoms with E-state index in [1.165, 1.54) is 0 Å². The Bertz CT molecular complexity index is 6240. The molecule has 3 aliphatic heterocycles. The second-order valence-corrected chi connectivity index (χ2v) is 32.7. The number of imidazole rings is 3. The van der Waals surface area contributed by atoms with Gasteiger partial charge < -0.3 is 36.8 Å². The molecule has 12 heterocycles. The van der Waals surface area contributed by atoms with Crippen molar-refractivity contribution in [2.24, 2.45) is 0 Å². The summed E-state index contributed by atoms with van der Waals surface area (Å²) in [7, 11) is 3.63. The number of aliphatic hydroxyl groups excluding tert-OH is 1. The van der Waals surface area contributed by atoms with Crippen molar-refractivity contribution in [3.8, 4) is 67.5 Å². The van der Waals surface area contributed by atoms with Crippen LogP contribution in [-0.4, -0.2) is 221 Å². The van der Waals surface area contributed by atoms with Crippen LogP contribution < -0.4 is 17.2 Å². The number of β-amino-alcohol motifs (C(OH)–C–C–N with tert-alkyl or cyclic N) is 1. The van der Waals surface area contributed by atoms with Gasteiger partial charge in [0, 0.05) is 202 Å². The SMILES string of the molecule is CCOC(=O)CN1CCN(C2CC(c3nc(-c4ccc5ccc(-c6ccccc6)nc5c4)c4c(N)nccn34)C2)CC1.CN(C)C(=O)N1CCN(C2CC(c3nc(-c4ccc5ccc(-c6ccccc6)nc5c4)c4c(N)nccn34)C2)CC1.Nc1nccn2c(C3CC(N4CC[C@@H](O)C4)C3)nc(-c3ccc4ccc(-c5ccccc5)nc4c3)c12. The number of esters is 1. The molecule has 6 aromatic carbocycles. The number of fused-ring (bicyclic) bond motifs is 6. The van der Waals surface area contributed by atoms with Gasteiger partial charge in [-0.2, -0.15) is 0 Å². The van der Waals surface area contributed by atoms with E-state index in [0.29, 0.717) is 66.5 Å². The minimum absolute atomic E-state index is 0.0962. The number of carbonyl (C=O) groups is 2. The number of ether oxygens (including phenoxy) is 1. The van der Waals surface area contributed by atoms with E-state index in [2.05, 4.69) is 175 Å². The fraction of sp³-hybridized carbons (Fsp3) is 0.309. The number of benzene rings is 6. The van der Waals surface area contributed by atoms with Gasteiger partial charge in [0.1, 0.15) is 68.6 Å². The highest BCUT2D eigenvalue weighted by atomic mass is 16.5. The third-order valence-electron chi connectivity index (χ3n) is 25.1. The Balaban J connectivity index is 0.000000119. The van der Waals surface area contributed by atoms with E-state index >= 15 is 0 Å². The third-order valence-corrected chi connectivity index (χ3v) is 25.1. The zero-order valence-corrected chi connectivity index (χ0v) is 67.2. The van der Waals surface area contributed by atoms with Crippen LogP contribution in [-0.2, 0) is 9.53 Å². The molecule has 25 nitrogen and oxygen atoms in total. The summed E-state index contributed by atoms with van der Waals surface area (Å²) < 4.78 is 11.5. The first kappa shape index (κ1) is 76.3. The number of aromatic nitrogens is 12. The smallest absolute Gasteiger partial charge is 0.320 e. The summed E-state index contributed by atoms with van der Waals surface area (Å²) in [5.41, 5.74) is 36.2. The van der Waals surface area contributed by atoms with E-state index in [0.717, 1.165) is 245 Å². The van der Waals surface area contributed by atoms with E-state index < -0.39 is 0 Å². The minimum atomic E-state index is -0.183. The maximum absolute atomic E-state index is 12.3. The van der Waals surface area contributed by atoms with Gasteiger partial charge in [-0.25, -0.2) is 49.7 Å². The zero-order valence-electron chi connectivity index (χ0n) is 67.2. The van der Waals surface area contributed by atoms with Crippen LogP contribution in [0.1, 0.15) is 87.1 Å². The predicted molar refractivity (Wildman–Crippen MR) is 467 cm³/mol. The molecule has 2 amide bonds. The molecule has 119 heavy (non-hydrogen) atoms. The maximum Gasteiger partial charge on any atom is 0.320 e. The van der Waals surface area contributed by atoms with E-state index in [1.807, 2.05) is 99.1 Å². The van der Waals surface area contributed by atoms with Crippen molar-refractivity contribution in [1.82, 2.24) is 87.5 Å². The molecule has 3 aliphatic carbocycles. The van der Waals surface area contributed by atoms with Crippen molar-refractivity contribution in [2.45, 2.75) is 93.9 Å². The average molecular weight is 1580 g/mol. The standard InChI is InChI=1S/C33H35N7O2.C32H34N8O.C29H28N6O/c1-2-42-29(41)21-38-14-16-39(17-15-38)26-18-25(19-26)33-37-30(31-32(34)35-12-13-40(31)33)24-9-8-23-10-11-27(36-28(23)20-24)22-6-4-3-5-7-22;1-37(2)32(41)39-16-14-38(15-17-39)25-18-24(19-25)31-36-28(29-30(33)34-12-13-40(29)31)23-9-8-22-10-11-26(35-27(22)20-23)21-6-4-3-5-7-21;30-28-27-26(20-7-6-19-8-9-24(32-25(19)16-20)18-4-2-1-3-5-18)33-29(35(27)13-11-31-28)21-14-22(15-21)34-12-10-23(36)17-34/h3-13,20,25-26H,2,14-19,21H2,1H3,(H2,34,35);3-13,20,24-25H,14-19H2,1-2H3,(H2,33,34);1-9,11,13,16,21-23,36H,10,12,14-15,17H2,(H2,30,31)/t;;21?,22?,23-/m..1/s1. The normalized spacial score (nSPS) is 20.4. The van der Waals surface area contributed by atoms with Crippen molar-refractivity contribution in [3.05, 3.63) is 237 Å². The lowest BCUT2D eigenvalue weighted by molar-refractivity contribution is -0.145. The first-order valence-corrected chi connectivity index (χ1v) is 41.7. The highest BCUT2D eigenvalue weighted by molar-refractivity contribution is 5.95. The molecule has 25 heteroatoms. The van der Waals surface area contributed by atoms with Crippen molar-refractivity contribution < 1.29 is 19.4 Å². The van der Waals surface area contributed by atoms with Crippen LogP contribution >= 0.6 is 0 Å². The van der Waals surface area contributed by atoms with Crippen LogP contribution in [0, 0.1) is 0 Å². The van der Waals surface area contributed by atoms with Gasteiger partial charge in [-0.15, -0.1) is 0 Å². The molecule has 602 valence electrons. The molecule has 0 unspecified atom stereocenters. The van der Waals surface area contributed by atoms with E-state index in [4.69, 9.17) is 51.8 Å². The van der Waals surface area contributed by atoms with Gasteiger partial charge in [0.25, 0.3) is 0 Å². The fourth-order valence-corrected chi connectivity index (χ4v) is 18.5. The minimum Gasteiger partial charge on any atom is -0.465 e. The Morgan fingerprint density at radius 2 is 0.782 bits per heavy atom. The molecular formula is C94H97N21O4. The molecule has 0 radical (unpaired) electrons. The van der Waals surface area contributed by atoms with Crippen molar-refractivity contribution in [1.29, 1.82) is 0 Å². The zero-order chi connectivity index (χ0) is 80.9. The number of likely N-dealkylation sites (tertiary alicyclic amines) is 1. The molecule has 9 aromatic heterocycles. The molecule has 15 aromatic rings. The van der Waals surface area contributed by atoms with Crippen LogP contribution in [0.15, 0.2) is 219 Å². The van der Waals surface area contributed by atoms with Crippen LogP contribution in [0.3, 0.4) is 0 Å². The summed E-state index contributed by atoms with van der Waals surface area (Å²) in [5.74, 6) is 5.46. The van der Waals surface area contributed by atoms with Crippen molar-refractivity contribution in [2.75, 3.05) is 110 Å². The van der Waals surface area contributed by atoms with Crippen LogP contribution in [0.5, 0.6) is 0 Å². The summed E-state index contributed by atoms with van der Waals surface area (Å²) in [4.78, 5) is 81.2. The van der Waals surface area contributed by atoms with E-state index in [1.54, 1.807) is 23.5 Å². The first-order valence-electron chi connectivity index (χ1n) is 41.7. The number of amides is 2. The van der Waals surface area contributed by atoms with Gasteiger partial charge in [-0.05, 0) is 88.3 Å². The molecule has 0 bridgehead atoms. The summed E-state index contributed by atoms with van der Waals surface area (Å²) in [6.07, 6.45) is 18.2. The second kappa shape index (κ2) is 32.7. The second-order valence-electron chi connectivity index (χ2n) is 32.7. The number of aliphatic hydroxyl groups is 1. The number of rotatable bonds is 15. The molecule has 3 saturated heterocycles. The molecule has 6 aliphatic rings. The summed E-state index contributed by atoms with van der Waals surface area (Å²) >= 11 is 0. The number of hydrogen-bond donors (Lipinski definition) is 4. The Morgan fingerprint density at radius 1 is 0.429 bits per heavy atom. The molecule has 6 fully saturated rings. The molecule has 7 N–H and O–H groups in total. The molecule has 21 rings (SSSR count). The topological polar surface area (TPSA) is 290 Å². The van der Waals surface area contributed by atoms with Gasteiger partial charge in [0.15, 0.2) is 0 Å². The number of anilines is 3. The Kier molecular flexibility index (Phi) is 21.0. The summed E-state index contributed by atoms with van der Waals surface area (Å²) in [5, 5.41) is 13.2. The quantitative estimate of drug-likeness (QED) is 0.0694. The monoisotopic (exact) mass is 1580 g/mol. The average Bonchev–Trinajstić information content (AvgIpc) is 1.61. The van der Waals surface area contributed by atoms with Crippen LogP contribution in [0.4, 0.5) is 22.2 Å². The van der Waals surface area contributed by atoms with Gasteiger partial charge in [-0.3, -0.25) is 37.6 Å². The fourth-order valence-electron chi connectivity index (χ4n) is 18.5. The van der Waals surface area contributed by atoms with Gasteiger partial charge >= 0.3 is 12.0 Å². The number of hydrogen-bond acceptors (Lipinski definition) is 20. The molecular weight excluding hydrogens is 1490 g/mol. The lowest BCUT2D eigenvalue weighted by Gasteiger charge is -2.46. The highest BCUT2D eigenvalue weighted by Gasteiger charge is 2.43. The lowest BCUT2D eigenvalue weighted by atomic mass is 9.78. The van der Waals surface area contributed by atoms with Gasteiger partial charge in [0.2, 0.25) is 0 Å². The third kappa shape index (κ3) is 15.3. The first-order chi connectivity index (χ1) is 58.2. The number of nitrogen functional groups attached to an aromatic ring is 3. The number of pyridine rings is 3. The number of carbonyl (C=O) groups excluding carboxylic acids is 2. The van der Waals surface area contributed by atoms with E-state index in [-0.39, 0.29) is 18.1 Å². The van der Waals surface area contributed by atoms with E-state index in [9.17, 15) is 14.7 Å².